The van der Waals surface area contributed by atoms with Gasteiger partial charge in [0.15, 0.2) is 0 Å². The van der Waals surface area contributed by atoms with E-state index in [1.54, 1.807) is 38.5 Å². The lowest BCUT2D eigenvalue weighted by atomic mass is 10.0. The number of rotatable bonds is 6. The SMILES string of the molecule is COc1ccc(-c2cc(C(=O)N/N=C/c3ccco3)c3ccccc3n2)c(OC)c1. The van der Waals surface area contributed by atoms with E-state index in [1.807, 2.05) is 36.4 Å². The van der Waals surface area contributed by atoms with Gasteiger partial charge in [0.2, 0.25) is 0 Å². The minimum absolute atomic E-state index is 0.356. The molecule has 0 bridgehead atoms. The standard InChI is InChI=1S/C23H19N3O4/c1-28-15-9-10-18(22(12-15)29-2)21-13-19(17-7-3-4-8-20(17)25-21)23(27)26-24-14-16-6-5-11-30-16/h3-14H,1-2H3,(H,26,27)/b24-14+. The number of nitrogens with zero attached hydrogens (tertiary/aromatic N) is 2. The number of carbonyl (C=O) groups is 1. The van der Waals surface area contributed by atoms with Gasteiger partial charge in [0.1, 0.15) is 17.3 Å². The summed E-state index contributed by atoms with van der Waals surface area (Å²) >= 11 is 0. The number of carbonyl (C=O) groups excluding carboxylic acids is 1. The van der Waals surface area contributed by atoms with Crippen molar-refractivity contribution >= 4 is 23.0 Å². The van der Waals surface area contributed by atoms with Gasteiger partial charge in [-0.1, -0.05) is 18.2 Å². The summed E-state index contributed by atoms with van der Waals surface area (Å²) in [4.78, 5) is 17.6. The van der Waals surface area contributed by atoms with Crippen molar-refractivity contribution in [2.45, 2.75) is 0 Å². The average molecular weight is 401 g/mol. The molecule has 0 spiro atoms. The molecular formula is C23H19N3O4. The lowest BCUT2D eigenvalue weighted by Crippen LogP contribution is -2.18. The summed E-state index contributed by atoms with van der Waals surface area (Å²) in [5, 5.41) is 4.70. The lowest BCUT2D eigenvalue weighted by Gasteiger charge is -2.12. The topological polar surface area (TPSA) is 86.0 Å². The molecule has 0 aliphatic rings. The number of methoxy groups -OCH3 is 2. The van der Waals surface area contributed by atoms with E-state index >= 15 is 0 Å². The van der Waals surface area contributed by atoms with E-state index < -0.39 is 0 Å². The summed E-state index contributed by atoms with van der Waals surface area (Å²) in [5.74, 6) is 1.45. The molecule has 150 valence electrons. The van der Waals surface area contributed by atoms with Crippen LogP contribution in [0.5, 0.6) is 11.5 Å². The van der Waals surface area contributed by atoms with Gasteiger partial charge in [0.05, 0.1) is 43.5 Å². The van der Waals surface area contributed by atoms with Crippen molar-refractivity contribution in [2.75, 3.05) is 14.2 Å². The molecule has 2 heterocycles. The van der Waals surface area contributed by atoms with E-state index in [0.717, 1.165) is 10.9 Å². The summed E-state index contributed by atoms with van der Waals surface area (Å²) in [6.45, 7) is 0. The van der Waals surface area contributed by atoms with Gasteiger partial charge in [-0.25, -0.2) is 10.4 Å². The molecule has 7 nitrogen and oxygen atoms in total. The van der Waals surface area contributed by atoms with E-state index in [4.69, 9.17) is 18.9 Å². The molecule has 0 aliphatic carbocycles. The summed E-state index contributed by atoms with van der Waals surface area (Å²) in [6, 6.07) is 18.1. The highest BCUT2D eigenvalue weighted by Crippen LogP contribution is 2.34. The maximum atomic E-state index is 12.9. The largest absolute Gasteiger partial charge is 0.497 e. The van der Waals surface area contributed by atoms with E-state index in [1.165, 1.54) is 12.5 Å². The van der Waals surface area contributed by atoms with E-state index in [0.29, 0.717) is 34.0 Å². The van der Waals surface area contributed by atoms with E-state index in [-0.39, 0.29) is 5.91 Å². The fourth-order valence-corrected chi connectivity index (χ4v) is 3.09. The molecule has 0 atom stereocenters. The van der Waals surface area contributed by atoms with Gasteiger partial charge >= 0.3 is 0 Å². The number of amides is 1. The first-order valence-electron chi connectivity index (χ1n) is 9.18. The van der Waals surface area contributed by atoms with Gasteiger partial charge in [0, 0.05) is 17.0 Å². The first-order valence-corrected chi connectivity index (χ1v) is 9.18. The number of hydrogen-bond acceptors (Lipinski definition) is 6. The monoisotopic (exact) mass is 401 g/mol. The number of para-hydroxylation sites is 1. The Morgan fingerprint density at radius 1 is 1.07 bits per heavy atom. The fourth-order valence-electron chi connectivity index (χ4n) is 3.09. The molecule has 0 fully saturated rings. The van der Waals surface area contributed by atoms with Crippen LogP contribution in [-0.4, -0.2) is 31.3 Å². The third-order valence-electron chi connectivity index (χ3n) is 4.55. The van der Waals surface area contributed by atoms with Crippen LogP contribution >= 0.6 is 0 Å². The van der Waals surface area contributed by atoms with Gasteiger partial charge < -0.3 is 13.9 Å². The summed E-state index contributed by atoms with van der Waals surface area (Å²) in [7, 11) is 3.17. The second-order valence-electron chi connectivity index (χ2n) is 6.35. The van der Waals surface area contributed by atoms with Crippen molar-refractivity contribution in [1.29, 1.82) is 0 Å². The molecule has 7 heteroatoms. The molecule has 0 unspecified atom stereocenters. The van der Waals surface area contributed by atoms with Crippen LogP contribution in [0.4, 0.5) is 0 Å². The number of furan rings is 1. The van der Waals surface area contributed by atoms with Crippen molar-refractivity contribution in [3.63, 3.8) is 0 Å². The molecule has 0 aliphatic heterocycles. The van der Waals surface area contributed by atoms with Gasteiger partial charge in [-0.3, -0.25) is 4.79 Å². The smallest absolute Gasteiger partial charge is 0.272 e. The Kier molecular flexibility index (Phi) is 5.43. The number of hydrazone groups is 1. The predicted octanol–water partition coefficient (Wildman–Crippen LogP) is 4.28. The first kappa shape index (κ1) is 19.2. The number of fused-ring (bicyclic) bond motifs is 1. The molecule has 1 amide bonds. The quantitative estimate of drug-likeness (QED) is 0.385. The molecule has 1 N–H and O–H groups in total. The van der Waals surface area contributed by atoms with Crippen LogP contribution in [0.25, 0.3) is 22.2 Å². The van der Waals surface area contributed by atoms with Crippen molar-refractivity contribution in [3.05, 3.63) is 78.3 Å². The lowest BCUT2D eigenvalue weighted by molar-refractivity contribution is 0.0956. The number of benzene rings is 2. The van der Waals surface area contributed by atoms with Crippen molar-refractivity contribution in [3.8, 4) is 22.8 Å². The first-order chi connectivity index (χ1) is 14.7. The fraction of sp³-hybridized carbons (Fsp3) is 0.0870. The number of ether oxygens (including phenoxy) is 2. The van der Waals surface area contributed by atoms with Crippen molar-refractivity contribution in [1.82, 2.24) is 10.4 Å². The van der Waals surface area contributed by atoms with Gasteiger partial charge in [0.25, 0.3) is 5.91 Å². The molecule has 2 aromatic carbocycles. The Hall–Kier alpha value is -4.13. The predicted molar refractivity (Wildman–Crippen MR) is 114 cm³/mol. The summed E-state index contributed by atoms with van der Waals surface area (Å²) in [6.07, 6.45) is 2.97. The summed E-state index contributed by atoms with van der Waals surface area (Å²) in [5.41, 5.74) is 5.04. The number of pyridine rings is 1. The van der Waals surface area contributed by atoms with Crippen molar-refractivity contribution in [2.24, 2.45) is 5.10 Å². The van der Waals surface area contributed by atoms with Crippen LogP contribution in [0.2, 0.25) is 0 Å². The second-order valence-corrected chi connectivity index (χ2v) is 6.35. The second kappa shape index (κ2) is 8.48. The van der Waals surface area contributed by atoms with Gasteiger partial charge in [-0.05, 0) is 36.4 Å². The van der Waals surface area contributed by atoms with Crippen LogP contribution in [-0.2, 0) is 0 Å². The zero-order valence-corrected chi connectivity index (χ0v) is 16.5. The summed E-state index contributed by atoms with van der Waals surface area (Å²) < 4.78 is 16.0. The third-order valence-corrected chi connectivity index (χ3v) is 4.55. The molecule has 4 aromatic rings. The molecular weight excluding hydrogens is 382 g/mol. The Morgan fingerprint density at radius 2 is 1.93 bits per heavy atom. The minimum atomic E-state index is -0.356. The Morgan fingerprint density at radius 3 is 2.70 bits per heavy atom. The van der Waals surface area contributed by atoms with E-state index in [2.05, 4.69) is 10.5 Å². The van der Waals surface area contributed by atoms with E-state index in [9.17, 15) is 4.79 Å². The van der Waals surface area contributed by atoms with Crippen LogP contribution in [0.3, 0.4) is 0 Å². The molecule has 0 radical (unpaired) electrons. The van der Waals surface area contributed by atoms with Gasteiger partial charge in [-0.15, -0.1) is 0 Å². The highest BCUT2D eigenvalue weighted by molar-refractivity contribution is 6.07. The Balaban J connectivity index is 1.75. The molecule has 2 aromatic heterocycles. The van der Waals surface area contributed by atoms with Gasteiger partial charge in [-0.2, -0.15) is 5.10 Å². The minimum Gasteiger partial charge on any atom is -0.497 e. The molecule has 4 rings (SSSR count). The number of nitrogens with one attached hydrogen (secondary N) is 1. The highest BCUT2D eigenvalue weighted by atomic mass is 16.5. The maximum Gasteiger partial charge on any atom is 0.272 e. The average Bonchev–Trinajstić information content (AvgIpc) is 3.31. The normalized spacial score (nSPS) is 11.0. The highest BCUT2D eigenvalue weighted by Gasteiger charge is 2.16. The number of hydrogen-bond donors (Lipinski definition) is 1. The maximum absolute atomic E-state index is 12.9. The van der Waals surface area contributed by atoms with Crippen LogP contribution in [0.1, 0.15) is 16.1 Å². The Bertz CT molecular complexity index is 1220. The molecule has 0 saturated heterocycles. The van der Waals surface area contributed by atoms with Crippen molar-refractivity contribution < 1.29 is 18.7 Å². The zero-order valence-electron chi connectivity index (χ0n) is 16.5. The van der Waals surface area contributed by atoms with Crippen LogP contribution < -0.4 is 14.9 Å². The number of aromatic nitrogens is 1. The molecule has 30 heavy (non-hydrogen) atoms. The van der Waals surface area contributed by atoms with Crippen LogP contribution in [0, 0.1) is 0 Å². The molecule has 0 saturated carbocycles. The zero-order chi connectivity index (χ0) is 20.9. The Labute approximate surface area is 173 Å². The third kappa shape index (κ3) is 3.86. The van der Waals surface area contributed by atoms with Crippen LogP contribution in [0.15, 0.2) is 76.4 Å².